The Morgan fingerprint density at radius 1 is 1.53 bits per heavy atom. The number of hydrogen-bond acceptors (Lipinski definition) is 3. The molecule has 1 aromatic rings. The molecule has 3 nitrogen and oxygen atoms in total. The lowest BCUT2D eigenvalue weighted by Crippen LogP contribution is -2.28. The third-order valence-electron chi connectivity index (χ3n) is 2.37. The van der Waals surface area contributed by atoms with Gasteiger partial charge in [-0.1, -0.05) is 6.07 Å². The summed E-state index contributed by atoms with van der Waals surface area (Å²) < 4.78 is 0. The van der Waals surface area contributed by atoms with E-state index in [-0.39, 0.29) is 6.04 Å². The zero-order valence-corrected chi connectivity index (χ0v) is 9.70. The van der Waals surface area contributed by atoms with E-state index in [0.29, 0.717) is 0 Å². The summed E-state index contributed by atoms with van der Waals surface area (Å²) in [4.78, 5) is 4.07. The summed E-state index contributed by atoms with van der Waals surface area (Å²) in [5.74, 6) is 0. The van der Waals surface area contributed by atoms with Gasteiger partial charge in [-0.3, -0.25) is 4.98 Å². The van der Waals surface area contributed by atoms with Crippen molar-refractivity contribution in [3.8, 4) is 0 Å². The number of nitrogens with zero attached hydrogens (tertiary/aromatic N) is 1. The standard InChI is InChI=1S/C12H20N2O/c1-10(11-5-4-7-13-9-11)14-8-6-12(2,3)15/h4-5,7,9-10,14-15H,6,8H2,1-3H3/t10-/m1/s1. The fraction of sp³-hybridized carbons (Fsp3) is 0.583. The van der Waals surface area contributed by atoms with Crippen LogP contribution in [-0.2, 0) is 0 Å². The molecule has 0 fully saturated rings. The van der Waals surface area contributed by atoms with Crippen molar-refractivity contribution in [3.63, 3.8) is 0 Å². The minimum atomic E-state index is -0.596. The molecule has 0 amide bonds. The molecule has 1 rings (SSSR count). The Bertz CT molecular complexity index is 279. The highest BCUT2D eigenvalue weighted by molar-refractivity contribution is 5.12. The van der Waals surface area contributed by atoms with Crippen LogP contribution in [0.25, 0.3) is 0 Å². The van der Waals surface area contributed by atoms with E-state index >= 15 is 0 Å². The molecule has 0 spiro atoms. The average Bonchev–Trinajstić information content (AvgIpc) is 2.17. The number of pyridine rings is 1. The Morgan fingerprint density at radius 3 is 2.80 bits per heavy atom. The molecule has 0 saturated heterocycles. The van der Waals surface area contributed by atoms with Gasteiger partial charge in [0, 0.05) is 18.4 Å². The van der Waals surface area contributed by atoms with Crippen LogP contribution in [0, 0.1) is 0 Å². The van der Waals surface area contributed by atoms with Crippen molar-refractivity contribution in [1.82, 2.24) is 10.3 Å². The van der Waals surface area contributed by atoms with Crippen molar-refractivity contribution in [2.45, 2.75) is 38.8 Å². The molecule has 1 aromatic heterocycles. The van der Waals surface area contributed by atoms with E-state index in [1.165, 1.54) is 5.56 Å². The van der Waals surface area contributed by atoms with Crippen molar-refractivity contribution in [2.75, 3.05) is 6.54 Å². The van der Waals surface area contributed by atoms with E-state index in [0.717, 1.165) is 13.0 Å². The molecule has 1 atom stereocenters. The Labute approximate surface area is 91.5 Å². The number of nitrogens with one attached hydrogen (secondary N) is 1. The van der Waals surface area contributed by atoms with Gasteiger partial charge >= 0.3 is 0 Å². The first-order valence-corrected chi connectivity index (χ1v) is 5.35. The minimum absolute atomic E-state index is 0.279. The molecular formula is C12H20N2O. The van der Waals surface area contributed by atoms with E-state index in [9.17, 15) is 5.11 Å². The normalized spacial score (nSPS) is 13.9. The molecule has 0 aliphatic rings. The van der Waals surface area contributed by atoms with Crippen LogP contribution in [0.4, 0.5) is 0 Å². The molecule has 0 saturated carbocycles. The van der Waals surface area contributed by atoms with E-state index < -0.39 is 5.60 Å². The van der Waals surface area contributed by atoms with Crippen LogP contribution in [0.5, 0.6) is 0 Å². The van der Waals surface area contributed by atoms with E-state index in [1.807, 2.05) is 26.1 Å². The lowest BCUT2D eigenvalue weighted by Gasteiger charge is -2.19. The van der Waals surface area contributed by atoms with Crippen LogP contribution in [0.15, 0.2) is 24.5 Å². The predicted octanol–water partition coefficient (Wildman–Crippen LogP) is 1.89. The highest BCUT2D eigenvalue weighted by Gasteiger charge is 2.12. The number of rotatable bonds is 5. The molecule has 0 bridgehead atoms. The van der Waals surface area contributed by atoms with Gasteiger partial charge in [-0.05, 0) is 45.4 Å². The largest absolute Gasteiger partial charge is 0.390 e. The van der Waals surface area contributed by atoms with Crippen LogP contribution < -0.4 is 5.32 Å². The Balaban J connectivity index is 2.34. The van der Waals surface area contributed by atoms with Crippen LogP contribution in [0.3, 0.4) is 0 Å². The molecule has 2 N–H and O–H groups in total. The molecule has 84 valence electrons. The molecule has 0 aliphatic heterocycles. The molecule has 0 radical (unpaired) electrons. The minimum Gasteiger partial charge on any atom is -0.390 e. The first-order chi connectivity index (χ1) is 6.99. The summed E-state index contributed by atoms with van der Waals surface area (Å²) in [7, 11) is 0. The monoisotopic (exact) mass is 208 g/mol. The smallest absolute Gasteiger partial charge is 0.0603 e. The highest BCUT2D eigenvalue weighted by Crippen LogP contribution is 2.11. The van der Waals surface area contributed by atoms with Crippen LogP contribution in [0.1, 0.15) is 38.8 Å². The second-order valence-electron chi connectivity index (χ2n) is 4.52. The fourth-order valence-electron chi connectivity index (χ4n) is 1.34. The second-order valence-corrected chi connectivity index (χ2v) is 4.52. The van der Waals surface area contributed by atoms with Crippen molar-refractivity contribution >= 4 is 0 Å². The number of hydrogen-bond donors (Lipinski definition) is 2. The molecular weight excluding hydrogens is 188 g/mol. The van der Waals surface area contributed by atoms with Crippen LogP contribution in [0.2, 0.25) is 0 Å². The summed E-state index contributed by atoms with van der Waals surface area (Å²) in [5, 5.41) is 12.9. The lowest BCUT2D eigenvalue weighted by molar-refractivity contribution is 0.0705. The topological polar surface area (TPSA) is 45.1 Å². The van der Waals surface area contributed by atoms with Gasteiger partial charge in [-0.25, -0.2) is 0 Å². The summed E-state index contributed by atoms with van der Waals surface area (Å²) in [6, 6.07) is 4.26. The number of aromatic nitrogens is 1. The molecule has 0 aliphatic carbocycles. The van der Waals surface area contributed by atoms with Crippen LogP contribution in [-0.4, -0.2) is 22.2 Å². The average molecular weight is 208 g/mol. The Morgan fingerprint density at radius 2 is 2.27 bits per heavy atom. The van der Waals surface area contributed by atoms with Gasteiger partial charge in [0.25, 0.3) is 0 Å². The van der Waals surface area contributed by atoms with Crippen molar-refractivity contribution < 1.29 is 5.11 Å². The maximum atomic E-state index is 9.55. The van der Waals surface area contributed by atoms with Gasteiger partial charge in [0.1, 0.15) is 0 Å². The first kappa shape index (κ1) is 12.1. The third kappa shape index (κ3) is 4.91. The Kier molecular flexibility index (Phi) is 4.24. The molecule has 1 heterocycles. The molecule has 3 heteroatoms. The van der Waals surface area contributed by atoms with E-state index in [4.69, 9.17) is 0 Å². The van der Waals surface area contributed by atoms with Crippen molar-refractivity contribution in [1.29, 1.82) is 0 Å². The van der Waals surface area contributed by atoms with Crippen LogP contribution >= 0.6 is 0 Å². The summed E-state index contributed by atoms with van der Waals surface area (Å²) in [5.41, 5.74) is 0.579. The fourth-order valence-corrected chi connectivity index (χ4v) is 1.34. The van der Waals surface area contributed by atoms with E-state index in [2.05, 4.69) is 23.3 Å². The van der Waals surface area contributed by atoms with Crippen molar-refractivity contribution in [2.24, 2.45) is 0 Å². The highest BCUT2D eigenvalue weighted by atomic mass is 16.3. The quantitative estimate of drug-likeness (QED) is 0.776. The molecule has 15 heavy (non-hydrogen) atoms. The SMILES string of the molecule is C[C@@H](NCCC(C)(C)O)c1cccnc1. The third-order valence-corrected chi connectivity index (χ3v) is 2.37. The Hall–Kier alpha value is -0.930. The predicted molar refractivity (Wildman–Crippen MR) is 61.6 cm³/mol. The molecule has 0 aromatic carbocycles. The van der Waals surface area contributed by atoms with Gasteiger partial charge in [-0.15, -0.1) is 0 Å². The number of aliphatic hydroxyl groups is 1. The van der Waals surface area contributed by atoms with Gasteiger partial charge in [0.05, 0.1) is 5.60 Å². The summed E-state index contributed by atoms with van der Waals surface area (Å²) in [6.07, 6.45) is 4.38. The first-order valence-electron chi connectivity index (χ1n) is 5.35. The zero-order valence-electron chi connectivity index (χ0n) is 9.70. The maximum Gasteiger partial charge on any atom is 0.0603 e. The summed E-state index contributed by atoms with van der Waals surface area (Å²) in [6.45, 7) is 6.55. The van der Waals surface area contributed by atoms with Crippen molar-refractivity contribution in [3.05, 3.63) is 30.1 Å². The second kappa shape index (κ2) is 5.24. The van der Waals surface area contributed by atoms with Gasteiger partial charge < -0.3 is 10.4 Å². The van der Waals surface area contributed by atoms with Gasteiger partial charge in [0.2, 0.25) is 0 Å². The molecule has 0 unspecified atom stereocenters. The summed E-state index contributed by atoms with van der Waals surface area (Å²) >= 11 is 0. The maximum absolute atomic E-state index is 9.55. The van der Waals surface area contributed by atoms with Gasteiger partial charge in [0.15, 0.2) is 0 Å². The van der Waals surface area contributed by atoms with Gasteiger partial charge in [-0.2, -0.15) is 0 Å². The zero-order chi connectivity index (χ0) is 11.3. The lowest BCUT2D eigenvalue weighted by atomic mass is 10.1. The van der Waals surface area contributed by atoms with E-state index in [1.54, 1.807) is 6.20 Å².